The van der Waals surface area contributed by atoms with E-state index in [1.54, 1.807) is 0 Å². The maximum Gasteiger partial charge on any atom is 1.00 e. The predicted molar refractivity (Wildman–Crippen MR) is 127 cm³/mol. The summed E-state index contributed by atoms with van der Waals surface area (Å²) < 4.78 is 28.7. The first-order chi connectivity index (χ1) is 16.9. The fourth-order valence-electron chi connectivity index (χ4n) is 8.18. The number of aliphatic hydroxyl groups is 3. The van der Waals surface area contributed by atoms with Crippen molar-refractivity contribution in [2.24, 2.45) is 28.6 Å². The molecule has 1 heterocycles. The zero-order valence-corrected chi connectivity index (χ0v) is 25.1. The molecule has 0 aromatic carbocycles. The van der Waals surface area contributed by atoms with E-state index in [9.17, 15) is 24.5 Å². The fourth-order valence-corrected chi connectivity index (χ4v) is 9.32. The zero-order valence-electron chi connectivity index (χ0n) is 22.2. The van der Waals surface area contributed by atoms with Gasteiger partial charge in [-0.05, 0) is 86.9 Å². The summed E-state index contributed by atoms with van der Waals surface area (Å²) in [5, 5.41) is 29.2. The Bertz CT molecular complexity index is 1030. The van der Waals surface area contributed by atoms with Gasteiger partial charge in [-0.25, -0.2) is 4.79 Å². The second-order valence-electron chi connectivity index (χ2n) is 12.0. The van der Waals surface area contributed by atoms with Gasteiger partial charge >= 0.3 is 43.3 Å². The van der Waals surface area contributed by atoms with Crippen LogP contribution in [0.1, 0.15) is 72.1 Å². The molecule has 3 N–H and O–H groups in total. The summed E-state index contributed by atoms with van der Waals surface area (Å²) in [6.45, 7) is 5.26. The smallest absolute Gasteiger partial charge is 0.746 e. The molecule has 0 amide bonds. The van der Waals surface area contributed by atoms with Crippen molar-refractivity contribution in [2.75, 3.05) is 6.61 Å². The molecule has 9 nitrogen and oxygen atoms in total. The zero-order chi connectivity index (χ0) is 26.0. The minimum Gasteiger partial charge on any atom is -0.746 e. The molecule has 0 aromatic heterocycles. The first kappa shape index (κ1) is 29.8. The van der Waals surface area contributed by atoms with Gasteiger partial charge in [-0.1, -0.05) is 25.5 Å². The fraction of sp³-hybridized carbons (Fsp3) is 0.808. The van der Waals surface area contributed by atoms with Gasteiger partial charge in [0.05, 0.1) is 18.8 Å². The first-order valence-corrected chi connectivity index (χ1v) is 14.6. The van der Waals surface area contributed by atoms with Crippen LogP contribution in [0.3, 0.4) is 0 Å². The summed E-state index contributed by atoms with van der Waals surface area (Å²) in [5.41, 5.74) is 1.27. The van der Waals surface area contributed by atoms with E-state index in [1.807, 2.05) is 0 Å². The number of cyclic esters (lactones) is 1. The normalized spacial score (nSPS) is 43.4. The molecular weight excluding hydrogens is 510 g/mol. The minimum atomic E-state index is -4.91. The molecule has 3 fully saturated rings. The Hall–Kier alpha value is -0.220. The van der Waals surface area contributed by atoms with Crippen molar-refractivity contribution in [1.82, 2.24) is 0 Å². The SMILES string of the molecule is CC1=C(OP(=O)([O-])O[C@H]2CCC3C4CC=C5C[C@@H](O)CC[C@]5(C)C4CC[C@@]32C)C(=O)OC1C(O)CO.[Na+]. The molecule has 10 atom stereocenters. The van der Waals surface area contributed by atoms with E-state index < -0.39 is 44.5 Å². The number of rotatable bonds is 6. The quantitative estimate of drug-likeness (QED) is 0.177. The van der Waals surface area contributed by atoms with Gasteiger partial charge in [0, 0.05) is 5.57 Å². The van der Waals surface area contributed by atoms with Gasteiger partial charge in [-0.3, -0.25) is 4.57 Å². The van der Waals surface area contributed by atoms with Crippen molar-refractivity contribution in [2.45, 2.75) is 96.6 Å². The van der Waals surface area contributed by atoms with E-state index in [-0.39, 0.29) is 52.1 Å². The van der Waals surface area contributed by atoms with Crippen molar-refractivity contribution >= 4 is 13.8 Å². The number of hydrogen-bond donors (Lipinski definition) is 3. The molecule has 0 spiro atoms. The molecule has 202 valence electrons. The topological polar surface area (TPSA) is 146 Å². The number of fused-ring (bicyclic) bond motifs is 5. The van der Waals surface area contributed by atoms with Gasteiger partial charge in [0.25, 0.3) is 0 Å². The van der Waals surface area contributed by atoms with E-state index in [4.69, 9.17) is 18.9 Å². The summed E-state index contributed by atoms with van der Waals surface area (Å²) in [7, 11) is -4.91. The Morgan fingerprint density at radius 1 is 1.22 bits per heavy atom. The van der Waals surface area contributed by atoms with Crippen LogP contribution in [0.15, 0.2) is 23.0 Å². The summed E-state index contributed by atoms with van der Waals surface area (Å²) in [6.07, 6.45) is 5.86. The molecule has 0 bridgehead atoms. The number of carbonyl (C=O) groups is 1. The largest absolute Gasteiger partial charge is 1.00 e. The average Bonchev–Trinajstić information content (AvgIpc) is 3.29. The van der Waals surface area contributed by atoms with Crippen LogP contribution in [-0.4, -0.2) is 52.3 Å². The molecule has 0 saturated heterocycles. The number of aliphatic hydroxyl groups excluding tert-OH is 3. The van der Waals surface area contributed by atoms with Gasteiger partial charge in [0.2, 0.25) is 5.76 Å². The Morgan fingerprint density at radius 3 is 2.65 bits per heavy atom. The molecule has 0 aromatic rings. The second kappa shape index (κ2) is 10.6. The summed E-state index contributed by atoms with van der Waals surface area (Å²) in [4.78, 5) is 25.2. The van der Waals surface area contributed by atoms with Gasteiger partial charge in [0.15, 0.2) is 6.10 Å². The second-order valence-corrected chi connectivity index (χ2v) is 13.3. The minimum absolute atomic E-state index is 0. The standard InChI is InChI=1S/C26H39O9P.Na/c1-14-22(20(29)13-27)33-24(30)23(14)35-36(31,32)34-21-7-6-18-17-5-4-15-12-16(28)8-10-25(15,2)19(17)9-11-26(18,21)3;/h4,16-22,27-29H,5-13H2,1-3H3,(H,31,32);/q;+1/p-1/t16-,17?,18?,19?,20?,21-,22?,25-,26-;/m0./s1. The van der Waals surface area contributed by atoms with Crippen LogP contribution >= 0.6 is 7.82 Å². The molecule has 11 heteroatoms. The summed E-state index contributed by atoms with van der Waals surface area (Å²) in [5.74, 6) is -0.219. The number of esters is 1. The molecule has 0 radical (unpaired) electrons. The predicted octanol–water partition coefficient (Wildman–Crippen LogP) is -0.263. The monoisotopic (exact) mass is 548 g/mol. The van der Waals surface area contributed by atoms with Gasteiger partial charge in [0.1, 0.15) is 6.10 Å². The molecular formula is C26H38NaO9P. The first-order valence-electron chi connectivity index (χ1n) is 13.2. The van der Waals surface area contributed by atoms with E-state index in [0.717, 1.165) is 44.9 Å². The maximum atomic E-state index is 12.9. The maximum absolute atomic E-state index is 12.9. The van der Waals surface area contributed by atoms with Crippen molar-refractivity contribution in [3.8, 4) is 0 Å². The van der Waals surface area contributed by atoms with Crippen LogP contribution in [0.25, 0.3) is 0 Å². The van der Waals surface area contributed by atoms with Crippen LogP contribution in [-0.2, 0) is 23.1 Å². The molecule has 5 rings (SSSR count). The van der Waals surface area contributed by atoms with E-state index in [2.05, 4.69) is 19.9 Å². The van der Waals surface area contributed by atoms with Crippen LogP contribution in [0, 0.1) is 28.6 Å². The Morgan fingerprint density at radius 2 is 1.95 bits per heavy atom. The van der Waals surface area contributed by atoms with E-state index in [0.29, 0.717) is 24.2 Å². The molecule has 4 aliphatic carbocycles. The van der Waals surface area contributed by atoms with Crippen molar-refractivity contribution < 1.29 is 72.9 Å². The van der Waals surface area contributed by atoms with Crippen molar-refractivity contribution in [3.63, 3.8) is 0 Å². The molecule has 5 aliphatic rings. The molecule has 6 unspecified atom stereocenters. The Labute approximate surface area is 240 Å². The molecule has 3 saturated carbocycles. The van der Waals surface area contributed by atoms with Crippen LogP contribution in [0.5, 0.6) is 0 Å². The van der Waals surface area contributed by atoms with E-state index >= 15 is 0 Å². The number of hydrogen-bond acceptors (Lipinski definition) is 9. The number of carbonyl (C=O) groups excluding carboxylic acids is 1. The molecule has 37 heavy (non-hydrogen) atoms. The van der Waals surface area contributed by atoms with Gasteiger partial charge < -0.3 is 34.0 Å². The third kappa shape index (κ3) is 5.07. The molecule has 1 aliphatic heterocycles. The number of ether oxygens (including phenoxy) is 1. The third-order valence-electron chi connectivity index (χ3n) is 10.2. The van der Waals surface area contributed by atoms with Gasteiger partial charge in [-0.2, -0.15) is 0 Å². The summed E-state index contributed by atoms with van der Waals surface area (Å²) >= 11 is 0. The average molecular weight is 549 g/mol. The van der Waals surface area contributed by atoms with Gasteiger partial charge in [-0.15, -0.1) is 0 Å². The van der Waals surface area contributed by atoms with E-state index in [1.165, 1.54) is 12.5 Å². The number of phosphoric acid groups is 1. The van der Waals surface area contributed by atoms with Crippen LogP contribution in [0.2, 0.25) is 0 Å². The number of phosphoric ester groups is 1. The van der Waals surface area contributed by atoms with Crippen LogP contribution < -0.4 is 34.5 Å². The Kier molecular flexibility index (Phi) is 8.56. The third-order valence-corrected chi connectivity index (χ3v) is 11.1. The summed E-state index contributed by atoms with van der Waals surface area (Å²) in [6, 6.07) is 0. The Balaban J connectivity index is 0.00000320. The van der Waals surface area contributed by atoms with Crippen LogP contribution in [0.4, 0.5) is 0 Å². The van der Waals surface area contributed by atoms with Crippen molar-refractivity contribution in [1.29, 1.82) is 0 Å². The number of allylic oxidation sites excluding steroid dienone is 1. The van der Waals surface area contributed by atoms with Crippen molar-refractivity contribution in [3.05, 3.63) is 23.0 Å².